The Labute approximate surface area is 114 Å². The van der Waals surface area contributed by atoms with Gasteiger partial charge in [-0.15, -0.1) is 0 Å². The minimum atomic E-state index is -0.947. The van der Waals surface area contributed by atoms with Crippen LogP contribution in [0.15, 0.2) is 11.1 Å². The van der Waals surface area contributed by atoms with Gasteiger partial charge in [-0.05, 0) is 12.8 Å². The van der Waals surface area contributed by atoms with Gasteiger partial charge in [0.25, 0.3) is 0 Å². The van der Waals surface area contributed by atoms with E-state index in [1.807, 2.05) is 0 Å². The molecule has 0 fully saturated rings. The maximum atomic E-state index is 11.6. The van der Waals surface area contributed by atoms with E-state index in [0.29, 0.717) is 12.0 Å². The lowest BCUT2D eigenvalue weighted by atomic mass is 10.0. The predicted octanol–water partition coefficient (Wildman–Crippen LogP) is 4.29. The first kappa shape index (κ1) is 17.2. The molecule has 0 aromatic rings. The molecule has 0 bridgehead atoms. The van der Waals surface area contributed by atoms with Crippen molar-refractivity contribution < 1.29 is 14.7 Å². The summed E-state index contributed by atoms with van der Waals surface area (Å²) in [5.41, 5.74) is 1.87. The number of allylic oxidation sites excluding steroid dienone is 1. The van der Waals surface area contributed by atoms with Crippen molar-refractivity contribution in [3.8, 4) is 0 Å². The first-order chi connectivity index (χ1) is 8.61. The first-order valence-electron chi connectivity index (χ1n) is 6.66. The van der Waals surface area contributed by atoms with Crippen molar-refractivity contribution in [2.75, 3.05) is 0 Å². The average molecular weight is 275 g/mol. The van der Waals surface area contributed by atoms with Gasteiger partial charge in [-0.3, -0.25) is 9.59 Å². The highest BCUT2D eigenvalue weighted by atomic mass is 35.5. The molecule has 0 aromatic carbocycles. The van der Waals surface area contributed by atoms with E-state index < -0.39 is 5.97 Å². The van der Waals surface area contributed by atoms with Gasteiger partial charge in [-0.1, -0.05) is 50.6 Å². The maximum Gasteiger partial charge on any atom is 0.303 e. The number of hydrogen-bond acceptors (Lipinski definition) is 2. The molecule has 4 heteroatoms. The van der Waals surface area contributed by atoms with Gasteiger partial charge < -0.3 is 5.11 Å². The molecule has 0 heterocycles. The van der Waals surface area contributed by atoms with E-state index in [-0.39, 0.29) is 18.6 Å². The Kier molecular flexibility index (Phi) is 10.8. The molecular formula is C14H23ClO3. The van der Waals surface area contributed by atoms with Crippen LogP contribution in [0.5, 0.6) is 0 Å². The Bertz CT molecular complexity index is 285. The summed E-state index contributed by atoms with van der Waals surface area (Å²) in [5.74, 6) is -1.09. The van der Waals surface area contributed by atoms with Gasteiger partial charge in [0.2, 0.25) is 0 Å². The number of carboxylic acid groups (broad SMARTS) is 1. The van der Waals surface area contributed by atoms with E-state index >= 15 is 0 Å². The fraction of sp³-hybridized carbons (Fsp3) is 0.714. The number of carbonyl (C=O) groups excluding carboxylic acids is 1. The molecule has 0 spiro atoms. The summed E-state index contributed by atoms with van der Waals surface area (Å²) in [7, 11) is 0. The molecular weight excluding hydrogens is 252 g/mol. The van der Waals surface area contributed by atoms with Gasteiger partial charge >= 0.3 is 5.97 Å². The molecule has 0 saturated carbocycles. The number of hydrogen-bond donors (Lipinski definition) is 1. The number of aliphatic carboxylic acids is 1. The second-order valence-corrected chi connectivity index (χ2v) is 4.69. The Balaban J connectivity index is 3.76. The second kappa shape index (κ2) is 11.3. The summed E-state index contributed by atoms with van der Waals surface area (Å²) < 4.78 is 0. The average Bonchev–Trinajstić information content (AvgIpc) is 2.35. The van der Waals surface area contributed by atoms with Crippen LogP contribution in [0.25, 0.3) is 0 Å². The van der Waals surface area contributed by atoms with E-state index in [0.717, 1.165) is 12.8 Å². The van der Waals surface area contributed by atoms with Crippen LogP contribution in [-0.4, -0.2) is 16.9 Å². The van der Waals surface area contributed by atoms with Crippen molar-refractivity contribution in [1.82, 2.24) is 0 Å². The van der Waals surface area contributed by atoms with Crippen LogP contribution in [0.1, 0.15) is 64.7 Å². The summed E-state index contributed by atoms with van der Waals surface area (Å²) in [6, 6.07) is 0. The van der Waals surface area contributed by atoms with Gasteiger partial charge in [0.15, 0.2) is 5.78 Å². The third kappa shape index (κ3) is 9.23. The fourth-order valence-corrected chi connectivity index (χ4v) is 1.96. The second-order valence-electron chi connectivity index (χ2n) is 4.47. The standard InChI is InChI=1S/C14H23ClO3/c1-2-3-4-5-6-7-8-12(11-15)13(16)9-10-14(17)18/h11H,2-10H2,1H3,(H,17,18). The Morgan fingerprint density at radius 1 is 1.00 bits per heavy atom. The normalized spacial score (nSPS) is 11.6. The summed E-state index contributed by atoms with van der Waals surface area (Å²) in [4.78, 5) is 22.0. The van der Waals surface area contributed by atoms with Crippen LogP contribution in [0, 0.1) is 0 Å². The minimum absolute atomic E-state index is 0.0454. The molecule has 18 heavy (non-hydrogen) atoms. The molecule has 0 rings (SSSR count). The van der Waals surface area contributed by atoms with Crippen LogP contribution in [-0.2, 0) is 9.59 Å². The summed E-state index contributed by atoms with van der Waals surface area (Å²) >= 11 is 5.61. The monoisotopic (exact) mass is 274 g/mol. The van der Waals surface area contributed by atoms with Crippen molar-refractivity contribution in [3.05, 3.63) is 11.1 Å². The molecule has 0 aliphatic carbocycles. The highest BCUT2D eigenvalue weighted by Gasteiger charge is 2.10. The van der Waals surface area contributed by atoms with Crippen molar-refractivity contribution in [3.63, 3.8) is 0 Å². The Morgan fingerprint density at radius 2 is 1.61 bits per heavy atom. The van der Waals surface area contributed by atoms with Crippen LogP contribution < -0.4 is 0 Å². The van der Waals surface area contributed by atoms with E-state index in [4.69, 9.17) is 16.7 Å². The van der Waals surface area contributed by atoms with Crippen LogP contribution in [0.3, 0.4) is 0 Å². The zero-order valence-electron chi connectivity index (χ0n) is 11.1. The van der Waals surface area contributed by atoms with Gasteiger partial charge in [-0.25, -0.2) is 0 Å². The first-order valence-corrected chi connectivity index (χ1v) is 7.09. The molecule has 0 aliphatic rings. The molecule has 0 atom stereocenters. The number of ketones is 1. The summed E-state index contributed by atoms with van der Waals surface area (Å²) in [6.45, 7) is 2.18. The molecule has 0 radical (unpaired) electrons. The zero-order chi connectivity index (χ0) is 13.8. The third-order valence-electron chi connectivity index (χ3n) is 2.86. The Hall–Kier alpha value is -0.830. The summed E-state index contributed by atoms with van der Waals surface area (Å²) in [6.07, 6.45) is 7.54. The van der Waals surface area contributed by atoms with Crippen LogP contribution in [0.2, 0.25) is 0 Å². The molecule has 0 saturated heterocycles. The highest BCUT2D eigenvalue weighted by molar-refractivity contribution is 6.27. The van der Waals surface area contributed by atoms with E-state index in [1.165, 1.54) is 31.2 Å². The lowest BCUT2D eigenvalue weighted by molar-refractivity contribution is -0.138. The van der Waals surface area contributed by atoms with Gasteiger partial charge in [-0.2, -0.15) is 0 Å². The van der Waals surface area contributed by atoms with Crippen molar-refractivity contribution in [2.45, 2.75) is 64.7 Å². The molecule has 0 aliphatic heterocycles. The van der Waals surface area contributed by atoms with Gasteiger partial charge in [0.1, 0.15) is 0 Å². The van der Waals surface area contributed by atoms with E-state index in [2.05, 4.69) is 6.92 Å². The smallest absolute Gasteiger partial charge is 0.303 e. The quantitative estimate of drug-likeness (QED) is 0.452. The van der Waals surface area contributed by atoms with Crippen LogP contribution in [0.4, 0.5) is 0 Å². The van der Waals surface area contributed by atoms with Crippen LogP contribution >= 0.6 is 11.6 Å². The SMILES string of the molecule is CCCCCCCCC(=CCl)C(=O)CCC(=O)O. The number of carbonyl (C=O) groups is 2. The number of carboxylic acids is 1. The molecule has 0 aromatic heterocycles. The summed E-state index contributed by atoms with van der Waals surface area (Å²) in [5, 5.41) is 8.51. The largest absolute Gasteiger partial charge is 0.481 e. The van der Waals surface area contributed by atoms with Gasteiger partial charge in [0.05, 0.1) is 6.42 Å². The lowest BCUT2D eigenvalue weighted by Gasteiger charge is -2.04. The maximum absolute atomic E-state index is 11.6. The van der Waals surface area contributed by atoms with E-state index in [9.17, 15) is 9.59 Å². The van der Waals surface area contributed by atoms with Crippen molar-refractivity contribution in [1.29, 1.82) is 0 Å². The fourth-order valence-electron chi connectivity index (χ4n) is 1.73. The lowest BCUT2D eigenvalue weighted by Crippen LogP contribution is -2.06. The molecule has 0 unspecified atom stereocenters. The van der Waals surface area contributed by atoms with Gasteiger partial charge in [0, 0.05) is 17.5 Å². The molecule has 1 N–H and O–H groups in total. The molecule has 0 amide bonds. The van der Waals surface area contributed by atoms with Crippen molar-refractivity contribution in [2.24, 2.45) is 0 Å². The minimum Gasteiger partial charge on any atom is -0.481 e. The number of halogens is 1. The number of Topliss-reactive ketones (excluding diaryl/α,β-unsaturated/α-hetero) is 1. The third-order valence-corrected chi connectivity index (χ3v) is 3.12. The van der Waals surface area contributed by atoms with E-state index in [1.54, 1.807) is 0 Å². The molecule has 3 nitrogen and oxygen atoms in total. The predicted molar refractivity (Wildman–Crippen MR) is 73.8 cm³/mol. The number of rotatable bonds is 11. The Morgan fingerprint density at radius 3 is 2.17 bits per heavy atom. The molecule has 104 valence electrons. The topological polar surface area (TPSA) is 54.4 Å². The highest BCUT2D eigenvalue weighted by Crippen LogP contribution is 2.15. The van der Waals surface area contributed by atoms with Crippen molar-refractivity contribution >= 4 is 23.4 Å². The number of unbranched alkanes of at least 4 members (excludes halogenated alkanes) is 5. The zero-order valence-corrected chi connectivity index (χ0v) is 11.8.